The molecule has 0 aromatic rings. The molecule has 94 valence electrons. The van der Waals surface area contributed by atoms with E-state index in [-0.39, 0.29) is 0 Å². The van der Waals surface area contributed by atoms with Gasteiger partial charge in [-0.15, -0.1) is 0 Å². The van der Waals surface area contributed by atoms with Gasteiger partial charge in [0.25, 0.3) is 0 Å². The molecule has 1 heterocycles. The average Bonchev–Trinajstić information content (AvgIpc) is 2.76. The second-order valence-corrected chi connectivity index (χ2v) is 5.76. The minimum Gasteiger partial charge on any atom is -0.314 e. The van der Waals surface area contributed by atoms with Crippen LogP contribution in [0.25, 0.3) is 0 Å². The molecule has 2 aliphatic rings. The molecule has 1 N–H and O–H groups in total. The molecule has 0 radical (unpaired) electrons. The summed E-state index contributed by atoms with van der Waals surface area (Å²) in [5.74, 6) is 2.09. The van der Waals surface area contributed by atoms with Gasteiger partial charge in [0.1, 0.15) is 0 Å². The van der Waals surface area contributed by atoms with Crippen molar-refractivity contribution in [3.8, 4) is 0 Å². The van der Waals surface area contributed by atoms with Gasteiger partial charge in [0.05, 0.1) is 0 Å². The molecule has 16 heavy (non-hydrogen) atoms. The van der Waals surface area contributed by atoms with Gasteiger partial charge in [0.2, 0.25) is 0 Å². The summed E-state index contributed by atoms with van der Waals surface area (Å²) < 4.78 is 0. The summed E-state index contributed by atoms with van der Waals surface area (Å²) in [7, 11) is 4.26. The van der Waals surface area contributed by atoms with Gasteiger partial charge in [-0.2, -0.15) is 0 Å². The first-order valence-electron chi connectivity index (χ1n) is 6.83. The Morgan fingerprint density at radius 1 is 1.12 bits per heavy atom. The zero-order chi connectivity index (χ0) is 11.4. The topological polar surface area (TPSA) is 18.5 Å². The molecule has 0 bridgehead atoms. The van der Waals surface area contributed by atoms with Crippen LogP contribution in [0.1, 0.15) is 19.3 Å². The van der Waals surface area contributed by atoms with Crippen molar-refractivity contribution in [3.63, 3.8) is 0 Å². The molecule has 2 fully saturated rings. The van der Waals surface area contributed by atoms with E-state index in [1.165, 1.54) is 38.9 Å². The highest BCUT2D eigenvalue weighted by atomic mass is 15.2. The van der Waals surface area contributed by atoms with Gasteiger partial charge in [-0.25, -0.2) is 0 Å². The van der Waals surface area contributed by atoms with E-state index in [0.29, 0.717) is 0 Å². The van der Waals surface area contributed by atoms with E-state index in [4.69, 9.17) is 0 Å². The first-order chi connectivity index (χ1) is 7.75. The molecule has 1 saturated carbocycles. The van der Waals surface area contributed by atoms with Crippen LogP contribution in [-0.4, -0.2) is 63.2 Å². The van der Waals surface area contributed by atoms with Gasteiger partial charge in [-0.05, 0) is 38.8 Å². The molecule has 3 heteroatoms. The molecule has 2 unspecified atom stereocenters. The number of likely N-dealkylation sites (N-methyl/N-ethyl adjacent to an activating group) is 1. The van der Waals surface area contributed by atoms with Gasteiger partial charge in [0.15, 0.2) is 0 Å². The number of likely N-dealkylation sites (tertiary alicyclic amines) is 1. The molecular formula is C13H27N3. The molecule has 3 nitrogen and oxygen atoms in total. The van der Waals surface area contributed by atoms with Gasteiger partial charge in [-0.3, -0.25) is 0 Å². The molecule has 1 aliphatic heterocycles. The first-order valence-corrected chi connectivity index (χ1v) is 6.83. The lowest BCUT2D eigenvalue weighted by molar-refractivity contribution is 0.305. The second kappa shape index (κ2) is 5.99. The third kappa shape index (κ3) is 3.44. The zero-order valence-electron chi connectivity index (χ0n) is 10.9. The van der Waals surface area contributed by atoms with Gasteiger partial charge in [0, 0.05) is 39.3 Å². The van der Waals surface area contributed by atoms with E-state index in [0.717, 1.165) is 31.5 Å². The molecule has 0 amide bonds. The van der Waals surface area contributed by atoms with E-state index >= 15 is 0 Å². The maximum absolute atomic E-state index is 3.53. The third-order valence-corrected chi connectivity index (χ3v) is 4.14. The van der Waals surface area contributed by atoms with Crippen LogP contribution >= 0.6 is 0 Å². The normalized spacial score (nSPS) is 30.2. The highest BCUT2D eigenvalue weighted by molar-refractivity contribution is 4.88. The minimum atomic E-state index is 1.04. The minimum absolute atomic E-state index is 1.04. The van der Waals surface area contributed by atoms with Crippen molar-refractivity contribution < 1.29 is 0 Å². The standard InChI is InChI=1S/C13H27N3/c1-15(2)8-6-14-7-9-16-10-12-4-3-5-13(12)11-16/h12-14H,3-11H2,1-2H3. The molecule has 2 rings (SSSR count). The molecule has 0 spiro atoms. The van der Waals surface area contributed by atoms with Gasteiger partial charge < -0.3 is 15.1 Å². The van der Waals surface area contributed by atoms with Crippen LogP contribution in [0.4, 0.5) is 0 Å². The average molecular weight is 225 g/mol. The van der Waals surface area contributed by atoms with Crippen LogP contribution in [0.2, 0.25) is 0 Å². The predicted octanol–water partition coefficient (Wildman–Crippen LogP) is 0.870. The number of hydrogen-bond acceptors (Lipinski definition) is 3. The van der Waals surface area contributed by atoms with E-state index in [1.54, 1.807) is 0 Å². The Bertz CT molecular complexity index is 193. The number of nitrogens with one attached hydrogen (secondary N) is 1. The fourth-order valence-electron chi connectivity index (χ4n) is 3.18. The van der Waals surface area contributed by atoms with E-state index in [1.807, 2.05) is 0 Å². The Balaban J connectivity index is 1.51. The first kappa shape index (κ1) is 12.3. The highest BCUT2D eigenvalue weighted by Crippen LogP contribution is 2.37. The van der Waals surface area contributed by atoms with Crippen molar-refractivity contribution in [3.05, 3.63) is 0 Å². The summed E-state index contributed by atoms with van der Waals surface area (Å²) in [4.78, 5) is 4.89. The number of rotatable bonds is 6. The summed E-state index contributed by atoms with van der Waals surface area (Å²) in [6.45, 7) is 7.42. The van der Waals surface area contributed by atoms with Crippen LogP contribution in [0.3, 0.4) is 0 Å². The van der Waals surface area contributed by atoms with E-state index < -0.39 is 0 Å². The fourth-order valence-corrected chi connectivity index (χ4v) is 3.18. The Labute approximate surface area is 100 Å². The zero-order valence-corrected chi connectivity index (χ0v) is 10.9. The third-order valence-electron chi connectivity index (χ3n) is 4.14. The molecular weight excluding hydrogens is 198 g/mol. The van der Waals surface area contributed by atoms with Crippen molar-refractivity contribution in [2.75, 3.05) is 53.4 Å². The Kier molecular flexibility index (Phi) is 4.62. The lowest BCUT2D eigenvalue weighted by Crippen LogP contribution is -2.34. The Morgan fingerprint density at radius 3 is 2.44 bits per heavy atom. The SMILES string of the molecule is CN(C)CCNCCN1CC2CCCC2C1. The maximum Gasteiger partial charge on any atom is 0.0107 e. The second-order valence-electron chi connectivity index (χ2n) is 5.76. The molecule has 0 aromatic heterocycles. The Morgan fingerprint density at radius 2 is 1.81 bits per heavy atom. The van der Waals surface area contributed by atoms with Crippen LogP contribution < -0.4 is 5.32 Å². The van der Waals surface area contributed by atoms with E-state index in [9.17, 15) is 0 Å². The van der Waals surface area contributed by atoms with Gasteiger partial charge in [-0.1, -0.05) is 6.42 Å². The quantitative estimate of drug-likeness (QED) is 0.677. The summed E-state index contributed by atoms with van der Waals surface area (Å²) in [6.07, 6.45) is 4.48. The van der Waals surface area contributed by atoms with Crippen molar-refractivity contribution in [1.29, 1.82) is 0 Å². The van der Waals surface area contributed by atoms with Crippen molar-refractivity contribution in [2.45, 2.75) is 19.3 Å². The molecule has 1 aliphatic carbocycles. The van der Waals surface area contributed by atoms with Gasteiger partial charge >= 0.3 is 0 Å². The smallest absolute Gasteiger partial charge is 0.0107 e. The number of hydrogen-bond donors (Lipinski definition) is 1. The van der Waals surface area contributed by atoms with Crippen LogP contribution in [0.15, 0.2) is 0 Å². The lowest BCUT2D eigenvalue weighted by atomic mass is 10.0. The van der Waals surface area contributed by atoms with Crippen LogP contribution in [0, 0.1) is 11.8 Å². The summed E-state index contributed by atoms with van der Waals surface area (Å²) in [5, 5.41) is 3.53. The summed E-state index contributed by atoms with van der Waals surface area (Å²) in [5.41, 5.74) is 0. The van der Waals surface area contributed by atoms with Crippen LogP contribution in [0.5, 0.6) is 0 Å². The largest absolute Gasteiger partial charge is 0.314 e. The molecule has 1 saturated heterocycles. The predicted molar refractivity (Wildman–Crippen MR) is 68.7 cm³/mol. The molecule has 2 atom stereocenters. The lowest BCUT2D eigenvalue weighted by Gasteiger charge is -2.17. The van der Waals surface area contributed by atoms with E-state index in [2.05, 4.69) is 29.2 Å². The molecule has 0 aromatic carbocycles. The summed E-state index contributed by atoms with van der Waals surface area (Å²) in [6, 6.07) is 0. The monoisotopic (exact) mass is 225 g/mol. The van der Waals surface area contributed by atoms with Crippen molar-refractivity contribution in [1.82, 2.24) is 15.1 Å². The number of fused-ring (bicyclic) bond motifs is 1. The Hall–Kier alpha value is -0.120. The van der Waals surface area contributed by atoms with Crippen molar-refractivity contribution in [2.24, 2.45) is 11.8 Å². The fraction of sp³-hybridized carbons (Fsp3) is 1.00. The maximum atomic E-state index is 3.53. The summed E-state index contributed by atoms with van der Waals surface area (Å²) >= 11 is 0. The van der Waals surface area contributed by atoms with Crippen LogP contribution in [-0.2, 0) is 0 Å². The number of nitrogens with zero attached hydrogens (tertiary/aromatic N) is 2. The highest BCUT2D eigenvalue weighted by Gasteiger charge is 2.35. The van der Waals surface area contributed by atoms with Crippen molar-refractivity contribution >= 4 is 0 Å².